The van der Waals surface area contributed by atoms with E-state index >= 15 is 0 Å². The average molecular weight is 566 g/mol. The Morgan fingerprint density at radius 1 is 1.18 bits per heavy atom. The number of esters is 1. The third-order valence-corrected chi connectivity index (χ3v) is 7.41. The zero-order valence-electron chi connectivity index (χ0n) is 20.8. The highest BCUT2D eigenvalue weighted by molar-refractivity contribution is 7.07. The smallest absolute Gasteiger partial charge is 0.338 e. The van der Waals surface area contributed by atoms with E-state index in [1.165, 1.54) is 30.9 Å². The number of hydrogen-bond acceptors (Lipinski definition) is 9. The van der Waals surface area contributed by atoms with Gasteiger partial charge in [-0.1, -0.05) is 35.1 Å². The fourth-order valence-corrected chi connectivity index (χ4v) is 5.51. The molecule has 0 amide bonds. The number of benzene rings is 2. The topological polar surface area (TPSA) is 126 Å². The van der Waals surface area contributed by atoms with Crippen molar-refractivity contribution in [2.45, 2.75) is 13.0 Å². The van der Waals surface area contributed by atoms with Crippen LogP contribution in [0.3, 0.4) is 0 Å². The van der Waals surface area contributed by atoms with Gasteiger partial charge in [-0.2, -0.15) is 0 Å². The van der Waals surface area contributed by atoms with Crippen LogP contribution in [0.5, 0.6) is 5.75 Å². The number of carbonyl (C=O) groups is 1. The second kappa shape index (κ2) is 10.4. The Labute approximate surface area is 229 Å². The number of hydrogen-bond donors (Lipinski definition) is 0. The number of carbonyl (C=O) groups excluding carboxylic acids is 1. The maximum atomic E-state index is 13.7. The van der Waals surface area contributed by atoms with Crippen LogP contribution in [0, 0.1) is 10.1 Å². The zero-order chi connectivity index (χ0) is 27.8. The molecule has 39 heavy (non-hydrogen) atoms. The average Bonchev–Trinajstić information content (AvgIpc) is 3.51. The number of allylic oxidation sites excluding steroid dienone is 1. The fourth-order valence-electron chi connectivity index (χ4n) is 4.36. The van der Waals surface area contributed by atoms with Gasteiger partial charge in [0, 0.05) is 11.1 Å². The van der Waals surface area contributed by atoms with Crippen LogP contribution in [0.2, 0.25) is 5.02 Å². The van der Waals surface area contributed by atoms with Gasteiger partial charge in [0.25, 0.3) is 11.2 Å². The van der Waals surface area contributed by atoms with Crippen LogP contribution < -0.4 is 19.6 Å². The third kappa shape index (κ3) is 4.77. The molecule has 10 nitrogen and oxygen atoms in total. The van der Waals surface area contributed by atoms with Crippen LogP contribution in [-0.2, 0) is 9.53 Å². The van der Waals surface area contributed by atoms with E-state index in [0.717, 1.165) is 11.3 Å². The normalized spacial score (nSPS) is 15.1. The summed E-state index contributed by atoms with van der Waals surface area (Å²) in [6, 6.07) is 13.7. The number of nitrogens with zero attached hydrogens (tertiary/aromatic N) is 3. The van der Waals surface area contributed by atoms with E-state index in [1.54, 1.807) is 55.5 Å². The highest BCUT2D eigenvalue weighted by Crippen LogP contribution is 2.34. The number of halogens is 1. The summed E-state index contributed by atoms with van der Waals surface area (Å²) in [5.41, 5.74) is 1.04. The number of aromatic nitrogens is 1. The fraction of sp³-hybridized carbons (Fsp3) is 0.148. The summed E-state index contributed by atoms with van der Waals surface area (Å²) in [4.78, 5) is 42.4. The van der Waals surface area contributed by atoms with Crippen molar-refractivity contribution in [3.8, 4) is 17.1 Å². The summed E-state index contributed by atoms with van der Waals surface area (Å²) in [5.74, 6) is 0.316. The van der Waals surface area contributed by atoms with E-state index in [0.29, 0.717) is 37.1 Å². The molecule has 0 saturated heterocycles. The number of thiazole rings is 1. The number of rotatable bonds is 6. The molecule has 0 saturated carbocycles. The Morgan fingerprint density at radius 2 is 1.92 bits per heavy atom. The van der Waals surface area contributed by atoms with E-state index in [1.807, 2.05) is 0 Å². The first-order valence-electron chi connectivity index (χ1n) is 11.5. The molecule has 0 unspecified atom stereocenters. The zero-order valence-corrected chi connectivity index (χ0v) is 22.4. The molecule has 0 N–H and O–H groups in total. The van der Waals surface area contributed by atoms with Crippen LogP contribution >= 0.6 is 22.9 Å². The second-order valence-electron chi connectivity index (χ2n) is 8.47. The maximum Gasteiger partial charge on any atom is 0.338 e. The second-order valence-corrected chi connectivity index (χ2v) is 9.91. The summed E-state index contributed by atoms with van der Waals surface area (Å²) >= 11 is 7.20. The summed E-state index contributed by atoms with van der Waals surface area (Å²) in [7, 11) is 2.70. The predicted octanol–water partition coefficient (Wildman–Crippen LogP) is 4.24. The van der Waals surface area contributed by atoms with Gasteiger partial charge in [-0.05, 0) is 48.9 Å². The molecule has 0 radical (unpaired) electrons. The summed E-state index contributed by atoms with van der Waals surface area (Å²) in [6.07, 6.45) is 1.54. The Kier molecular flexibility index (Phi) is 6.94. The SMILES string of the molecule is COC(=O)C1=C(C)N=c2s/c(=C\c3ccc(-c4ccc(OC)cc4[N+](=O)[O-])o3)c(=O)n2[C@@H]1c1ccc(Cl)cc1. The molecule has 2 aromatic carbocycles. The molecule has 1 aliphatic rings. The summed E-state index contributed by atoms with van der Waals surface area (Å²) < 4.78 is 17.7. The van der Waals surface area contributed by atoms with Crippen molar-refractivity contribution in [1.29, 1.82) is 0 Å². The lowest BCUT2D eigenvalue weighted by molar-refractivity contribution is -0.384. The first kappa shape index (κ1) is 26.1. The molecule has 0 aliphatic carbocycles. The van der Waals surface area contributed by atoms with Crippen molar-refractivity contribution in [3.63, 3.8) is 0 Å². The van der Waals surface area contributed by atoms with Crippen molar-refractivity contribution in [2.75, 3.05) is 14.2 Å². The van der Waals surface area contributed by atoms with Crippen molar-refractivity contribution < 1.29 is 23.6 Å². The van der Waals surface area contributed by atoms with E-state index < -0.39 is 16.9 Å². The van der Waals surface area contributed by atoms with Gasteiger partial charge in [0.2, 0.25) is 0 Å². The monoisotopic (exact) mass is 565 g/mol. The van der Waals surface area contributed by atoms with E-state index in [9.17, 15) is 19.7 Å². The minimum atomic E-state index is -0.776. The molecule has 12 heteroatoms. The van der Waals surface area contributed by atoms with Crippen LogP contribution in [0.1, 0.15) is 24.3 Å². The molecule has 0 fully saturated rings. The van der Waals surface area contributed by atoms with Gasteiger partial charge in [0.05, 0.1) is 52.6 Å². The quantitative estimate of drug-likeness (QED) is 0.194. The number of furan rings is 1. The lowest BCUT2D eigenvalue weighted by Crippen LogP contribution is -2.39. The lowest BCUT2D eigenvalue weighted by atomic mass is 9.96. The molecule has 3 heterocycles. The van der Waals surface area contributed by atoms with Crippen molar-refractivity contribution in [3.05, 3.63) is 112 Å². The first-order chi connectivity index (χ1) is 18.7. The molecule has 198 valence electrons. The standard InChI is InChI=1S/C27H20ClN3O7S/c1-14-23(26(33)37-3)24(15-4-6-16(28)7-5-15)30-25(32)22(39-27(30)29-14)13-18-9-11-21(38-18)19-10-8-17(36-2)12-20(19)31(34)35/h4-13,24H,1-3H3/b22-13-/t24-/m1/s1. The maximum absolute atomic E-state index is 13.7. The molecule has 4 aromatic rings. The molecule has 0 bridgehead atoms. The largest absolute Gasteiger partial charge is 0.497 e. The molecule has 2 aromatic heterocycles. The van der Waals surface area contributed by atoms with E-state index in [2.05, 4.69) is 4.99 Å². The van der Waals surface area contributed by atoms with Gasteiger partial charge in [-0.3, -0.25) is 19.5 Å². The molecule has 1 atom stereocenters. The van der Waals surface area contributed by atoms with Crippen molar-refractivity contribution in [1.82, 2.24) is 4.57 Å². The summed E-state index contributed by atoms with van der Waals surface area (Å²) in [6.45, 7) is 1.69. The van der Waals surface area contributed by atoms with Gasteiger partial charge in [0.15, 0.2) is 4.80 Å². The van der Waals surface area contributed by atoms with Crippen LogP contribution in [-0.4, -0.2) is 29.7 Å². The highest BCUT2D eigenvalue weighted by Gasteiger charge is 2.33. The van der Waals surface area contributed by atoms with Crippen molar-refractivity contribution >= 4 is 40.7 Å². The first-order valence-corrected chi connectivity index (χ1v) is 12.7. The molecule has 1 aliphatic heterocycles. The van der Waals surface area contributed by atoms with Gasteiger partial charge in [-0.25, -0.2) is 9.79 Å². The van der Waals surface area contributed by atoms with Crippen LogP contribution in [0.15, 0.2) is 80.1 Å². The minimum Gasteiger partial charge on any atom is -0.497 e. The van der Waals surface area contributed by atoms with Gasteiger partial charge in [-0.15, -0.1) is 0 Å². The number of ether oxygens (including phenoxy) is 2. The number of nitro groups is 1. The van der Waals surface area contributed by atoms with Gasteiger partial charge in [0.1, 0.15) is 17.3 Å². The van der Waals surface area contributed by atoms with Crippen LogP contribution in [0.4, 0.5) is 5.69 Å². The predicted molar refractivity (Wildman–Crippen MR) is 145 cm³/mol. The van der Waals surface area contributed by atoms with Crippen LogP contribution in [0.25, 0.3) is 17.4 Å². The number of fused-ring (bicyclic) bond motifs is 1. The molecular formula is C27H20ClN3O7S. The molecule has 0 spiro atoms. The Bertz CT molecular complexity index is 1830. The minimum absolute atomic E-state index is 0.177. The van der Waals surface area contributed by atoms with Gasteiger partial charge < -0.3 is 13.9 Å². The third-order valence-electron chi connectivity index (χ3n) is 6.18. The van der Waals surface area contributed by atoms with E-state index in [-0.39, 0.29) is 28.1 Å². The lowest BCUT2D eigenvalue weighted by Gasteiger charge is -2.24. The van der Waals surface area contributed by atoms with Crippen molar-refractivity contribution in [2.24, 2.45) is 4.99 Å². The Balaban J connectivity index is 1.63. The Morgan fingerprint density at radius 3 is 2.59 bits per heavy atom. The molecule has 5 rings (SSSR count). The number of methoxy groups -OCH3 is 2. The van der Waals surface area contributed by atoms with E-state index in [4.69, 9.17) is 25.5 Å². The summed E-state index contributed by atoms with van der Waals surface area (Å²) in [5, 5.41) is 12.1. The highest BCUT2D eigenvalue weighted by atomic mass is 35.5. The van der Waals surface area contributed by atoms with Gasteiger partial charge >= 0.3 is 5.97 Å². The number of nitro benzene ring substituents is 1. The molecular weight excluding hydrogens is 546 g/mol. The Hall–Kier alpha value is -4.48.